The molecule has 0 amide bonds. The van der Waals surface area contributed by atoms with Crippen molar-refractivity contribution in [3.63, 3.8) is 0 Å². The number of nitrogens with one attached hydrogen (secondary N) is 1. The number of hydrogen-bond acceptors (Lipinski definition) is 2. The normalized spacial score (nSPS) is 16.6. The van der Waals surface area contributed by atoms with Crippen LogP contribution in [0.15, 0.2) is 40.9 Å². The van der Waals surface area contributed by atoms with E-state index in [1.165, 1.54) is 11.1 Å². The summed E-state index contributed by atoms with van der Waals surface area (Å²) in [7, 11) is 0. The first kappa shape index (κ1) is 13.8. The standard InChI is InChI=1S/C16H15BrClNO/c1-10-3-2-4-14(16(10)17)19-9-13-8-11-7-12(18)5-6-15(11)20-13/h2-7,13,19H,8-9H2,1H3. The molecular weight excluding hydrogens is 338 g/mol. The Labute approximate surface area is 132 Å². The van der Waals surface area contributed by atoms with Gasteiger partial charge < -0.3 is 10.1 Å². The smallest absolute Gasteiger partial charge is 0.123 e. The van der Waals surface area contributed by atoms with Crippen LogP contribution in [0.2, 0.25) is 5.02 Å². The van der Waals surface area contributed by atoms with E-state index in [9.17, 15) is 0 Å². The summed E-state index contributed by atoms with van der Waals surface area (Å²) in [4.78, 5) is 0. The SMILES string of the molecule is Cc1cccc(NCC2Cc3cc(Cl)ccc3O2)c1Br. The lowest BCUT2D eigenvalue weighted by molar-refractivity contribution is 0.246. The lowest BCUT2D eigenvalue weighted by Gasteiger charge is -2.14. The molecule has 0 saturated heterocycles. The van der Waals surface area contributed by atoms with E-state index in [0.717, 1.165) is 33.9 Å². The average Bonchev–Trinajstić information content (AvgIpc) is 2.82. The molecule has 2 nitrogen and oxygen atoms in total. The van der Waals surface area contributed by atoms with Crippen molar-refractivity contribution in [3.05, 3.63) is 57.0 Å². The lowest BCUT2D eigenvalue weighted by atomic mass is 10.1. The van der Waals surface area contributed by atoms with Gasteiger partial charge in [-0.3, -0.25) is 0 Å². The molecular formula is C16H15BrClNO. The van der Waals surface area contributed by atoms with Crippen molar-refractivity contribution in [1.29, 1.82) is 0 Å². The van der Waals surface area contributed by atoms with E-state index in [4.69, 9.17) is 16.3 Å². The van der Waals surface area contributed by atoms with Crippen molar-refractivity contribution in [2.45, 2.75) is 19.4 Å². The Morgan fingerprint density at radius 1 is 1.35 bits per heavy atom. The summed E-state index contributed by atoms with van der Waals surface area (Å²) < 4.78 is 7.03. The van der Waals surface area contributed by atoms with Gasteiger partial charge in [-0.05, 0) is 58.2 Å². The molecule has 1 aliphatic rings. The highest BCUT2D eigenvalue weighted by Gasteiger charge is 2.22. The molecule has 1 N–H and O–H groups in total. The second kappa shape index (κ2) is 5.66. The van der Waals surface area contributed by atoms with E-state index in [2.05, 4.69) is 40.3 Å². The Morgan fingerprint density at radius 3 is 3.05 bits per heavy atom. The third kappa shape index (κ3) is 2.79. The average molecular weight is 353 g/mol. The first-order valence-electron chi connectivity index (χ1n) is 6.57. The molecule has 2 aromatic rings. The number of hydrogen-bond donors (Lipinski definition) is 1. The molecule has 0 radical (unpaired) electrons. The van der Waals surface area contributed by atoms with E-state index >= 15 is 0 Å². The number of anilines is 1. The van der Waals surface area contributed by atoms with E-state index in [-0.39, 0.29) is 6.10 Å². The van der Waals surface area contributed by atoms with E-state index in [1.54, 1.807) is 0 Å². The van der Waals surface area contributed by atoms with Crippen LogP contribution in [-0.2, 0) is 6.42 Å². The fraction of sp³-hybridized carbons (Fsp3) is 0.250. The molecule has 0 bridgehead atoms. The van der Waals surface area contributed by atoms with Crippen molar-refractivity contribution in [1.82, 2.24) is 0 Å². The van der Waals surface area contributed by atoms with Gasteiger partial charge in [0.05, 0.1) is 6.54 Å². The van der Waals surface area contributed by atoms with Crippen LogP contribution in [0.4, 0.5) is 5.69 Å². The van der Waals surface area contributed by atoms with Gasteiger partial charge in [0, 0.05) is 21.6 Å². The summed E-state index contributed by atoms with van der Waals surface area (Å²) in [6.07, 6.45) is 1.04. The molecule has 1 unspecified atom stereocenters. The third-order valence-electron chi connectivity index (χ3n) is 3.48. The molecule has 104 valence electrons. The monoisotopic (exact) mass is 351 g/mol. The minimum atomic E-state index is 0.149. The van der Waals surface area contributed by atoms with Crippen molar-refractivity contribution in [2.75, 3.05) is 11.9 Å². The maximum atomic E-state index is 6.00. The van der Waals surface area contributed by atoms with Crippen molar-refractivity contribution >= 4 is 33.2 Å². The van der Waals surface area contributed by atoms with Gasteiger partial charge in [-0.15, -0.1) is 0 Å². The van der Waals surface area contributed by atoms with Gasteiger partial charge in [0.1, 0.15) is 11.9 Å². The molecule has 0 saturated carbocycles. The van der Waals surface area contributed by atoms with Crippen LogP contribution in [0.3, 0.4) is 0 Å². The highest BCUT2D eigenvalue weighted by molar-refractivity contribution is 9.10. The minimum absolute atomic E-state index is 0.149. The zero-order valence-corrected chi connectivity index (χ0v) is 13.5. The van der Waals surface area contributed by atoms with Crippen molar-refractivity contribution < 1.29 is 4.74 Å². The second-order valence-electron chi connectivity index (χ2n) is 5.01. The minimum Gasteiger partial charge on any atom is -0.488 e. The van der Waals surface area contributed by atoms with Crippen LogP contribution in [0.25, 0.3) is 0 Å². The Bertz CT molecular complexity index is 644. The predicted molar refractivity (Wildman–Crippen MR) is 86.9 cm³/mol. The summed E-state index contributed by atoms with van der Waals surface area (Å²) in [6.45, 7) is 2.85. The Morgan fingerprint density at radius 2 is 2.20 bits per heavy atom. The number of rotatable bonds is 3. The largest absolute Gasteiger partial charge is 0.488 e. The van der Waals surface area contributed by atoms with Crippen molar-refractivity contribution in [2.24, 2.45) is 0 Å². The molecule has 1 heterocycles. The molecule has 0 aliphatic carbocycles. The fourth-order valence-electron chi connectivity index (χ4n) is 2.41. The number of ether oxygens (including phenoxy) is 1. The quantitative estimate of drug-likeness (QED) is 0.854. The summed E-state index contributed by atoms with van der Waals surface area (Å²) in [5.74, 6) is 0.949. The Balaban J connectivity index is 1.65. The topological polar surface area (TPSA) is 21.3 Å². The number of halogens is 2. The molecule has 3 rings (SSSR count). The van der Waals surface area contributed by atoms with Crippen LogP contribution in [0.1, 0.15) is 11.1 Å². The van der Waals surface area contributed by atoms with Crippen LogP contribution in [-0.4, -0.2) is 12.6 Å². The van der Waals surface area contributed by atoms with Gasteiger partial charge in [0.25, 0.3) is 0 Å². The maximum absolute atomic E-state index is 6.00. The zero-order chi connectivity index (χ0) is 14.1. The van der Waals surface area contributed by atoms with Crippen molar-refractivity contribution in [3.8, 4) is 5.75 Å². The maximum Gasteiger partial charge on any atom is 0.123 e. The molecule has 2 aromatic carbocycles. The van der Waals surface area contributed by atoms with Crippen LogP contribution >= 0.6 is 27.5 Å². The van der Waals surface area contributed by atoms with Crippen LogP contribution < -0.4 is 10.1 Å². The summed E-state index contributed by atoms with van der Waals surface area (Å²) in [5, 5.41) is 4.21. The lowest BCUT2D eigenvalue weighted by Crippen LogP contribution is -2.24. The number of aryl methyl sites for hydroxylation is 1. The molecule has 0 aromatic heterocycles. The number of benzene rings is 2. The zero-order valence-electron chi connectivity index (χ0n) is 11.1. The van der Waals surface area contributed by atoms with Crippen LogP contribution in [0.5, 0.6) is 5.75 Å². The molecule has 0 spiro atoms. The second-order valence-corrected chi connectivity index (χ2v) is 6.24. The van der Waals surface area contributed by atoms with Gasteiger partial charge in [-0.1, -0.05) is 23.7 Å². The van der Waals surface area contributed by atoms with E-state index in [0.29, 0.717) is 0 Å². The Hall–Kier alpha value is -1.19. The van der Waals surface area contributed by atoms with Gasteiger partial charge in [-0.25, -0.2) is 0 Å². The summed E-state index contributed by atoms with van der Waals surface area (Å²) in [6, 6.07) is 12.0. The van der Waals surface area contributed by atoms with Gasteiger partial charge in [0.2, 0.25) is 0 Å². The van der Waals surface area contributed by atoms with Gasteiger partial charge in [0.15, 0.2) is 0 Å². The molecule has 1 atom stereocenters. The molecule has 0 fully saturated rings. The highest BCUT2D eigenvalue weighted by Crippen LogP contribution is 2.32. The van der Waals surface area contributed by atoms with Gasteiger partial charge >= 0.3 is 0 Å². The summed E-state index contributed by atoms with van der Waals surface area (Å²) >= 11 is 9.61. The van der Waals surface area contributed by atoms with E-state index in [1.807, 2.05) is 24.3 Å². The predicted octanol–water partition coefficient (Wildman–Crippen LogP) is 4.83. The first-order valence-corrected chi connectivity index (χ1v) is 7.74. The van der Waals surface area contributed by atoms with Gasteiger partial charge in [-0.2, -0.15) is 0 Å². The highest BCUT2D eigenvalue weighted by atomic mass is 79.9. The molecule has 20 heavy (non-hydrogen) atoms. The van der Waals surface area contributed by atoms with Crippen LogP contribution in [0, 0.1) is 6.92 Å². The first-order chi connectivity index (χ1) is 9.63. The number of fused-ring (bicyclic) bond motifs is 1. The third-order valence-corrected chi connectivity index (χ3v) is 4.76. The fourth-order valence-corrected chi connectivity index (χ4v) is 3.01. The Kier molecular flexibility index (Phi) is 3.90. The molecule has 1 aliphatic heterocycles. The molecule has 4 heteroatoms. The summed E-state index contributed by atoms with van der Waals surface area (Å²) in [5.41, 5.74) is 3.51. The van der Waals surface area contributed by atoms with E-state index < -0.39 is 0 Å².